The predicted molar refractivity (Wildman–Crippen MR) is 152 cm³/mol. The Morgan fingerprint density at radius 1 is 1.05 bits per heavy atom. The Balaban J connectivity index is 2.25. The number of nitrogens with one attached hydrogen (secondary N) is 2. The first-order valence-corrected chi connectivity index (χ1v) is 13.8. The van der Waals surface area contributed by atoms with E-state index in [-0.39, 0.29) is 13.0 Å². The maximum absolute atomic E-state index is 14.0. The lowest BCUT2D eigenvalue weighted by Crippen LogP contribution is -2.54. The normalized spacial score (nSPS) is 13.1. The Kier molecular flexibility index (Phi) is 13.1. The second-order valence-corrected chi connectivity index (χ2v) is 10.4. The van der Waals surface area contributed by atoms with Gasteiger partial charge in [-0.3, -0.25) is 9.78 Å². The maximum Gasteiger partial charge on any atom is 0.407 e. The highest BCUT2D eigenvalue weighted by molar-refractivity contribution is 5.86. The number of ether oxygens (including phenoxy) is 3. The highest BCUT2D eigenvalue weighted by atomic mass is 16.7. The van der Waals surface area contributed by atoms with Crippen molar-refractivity contribution in [2.75, 3.05) is 19.8 Å². The van der Waals surface area contributed by atoms with Gasteiger partial charge in [0.25, 0.3) is 0 Å². The van der Waals surface area contributed by atoms with Gasteiger partial charge in [-0.2, -0.15) is 0 Å². The number of rotatable bonds is 15. The molecule has 222 valence electrons. The van der Waals surface area contributed by atoms with Crippen molar-refractivity contribution in [2.24, 2.45) is 0 Å². The number of hydrogen-bond acceptors (Lipinski definition) is 7. The van der Waals surface area contributed by atoms with Gasteiger partial charge in [0.15, 0.2) is 6.29 Å². The summed E-state index contributed by atoms with van der Waals surface area (Å²) in [5.74, 6) is -0.396. The standard InChI is InChI=1S/C29H44N4O7/c1-7-38-26(39-8-2)20(3)33(19-22-14-11-13-21-15-12-18-30-24(21)22)25(34)23(32-27(35)36)16-9-10-17-31-28(37)40-29(4,5)6/h11-15,18,20,23,26,32H,7-10,16-17,19H2,1-6H3,(H,31,37)(H,35,36). The molecule has 0 saturated heterocycles. The van der Waals surface area contributed by atoms with E-state index in [9.17, 15) is 19.5 Å². The highest BCUT2D eigenvalue weighted by Crippen LogP contribution is 2.22. The van der Waals surface area contributed by atoms with Crippen molar-refractivity contribution in [3.05, 3.63) is 42.1 Å². The molecule has 40 heavy (non-hydrogen) atoms. The predicted octanol–water partition coefficient (Wildman–Crippen LogP) is 4.68. The van der Waals surface area contributed by atoms with Crippen molar-refractivity contribution >= 4 is 29.0 Å². The van der Waals surface area contributed by atoms with E-state index in [2.05, 4.69) is 15.6 Å². The number of carbonyl (C=O) groups is 3. The zero-order valence-corrected chi connectivity index (χ0v) is 24.4. The second-order valence-electron chi connectivity index (χ2n) is 10.4. The van der Waals surface area contributed by atoms with Crippen LogP contribution in [0.4, 0.5) is 9.59 Å². The number of carboxylic acid groups (broad SMARTS) is 1. The van der Waals surface area contributed by atoms with Crippen molar-refractivity contribution in [1.29, 1.82) is 0 Å². The molecular formula is C29H44N4O7. The van der Waals surface area contributed by atoms with Gasteiger partial charge in [0.2, 0.25) is 5.91 Å². The molecule has 2 rings (SSSR count). The number of carbonyl (C=O) groups excluding carboxylic acids is 2. The monoisotopic (exact) mass is 560 g/mol. The topological polar surface area (TPSA) is 139 Å². The van der Waals surface area contributed by atoms with Crippen LogP contribution in [0, 0.1) is 0 Å². The first kappa shape index (κ1) is 32.8. The third kappa shape index (κ3) is 10.6. The summed E-state index contributed by atoms with van der Waals surface area (Å²) in [5, 5.41) is 15.5. The Bertz CT molecular complexity index is 1090. The van der Waals surface area contributed by atoms with Crippen LogP contribution in [0.3, 0.4) is 0 Å². The Morgan fingerprint density at radius 2 is 1.73 bits per heavy atom. The minimum absolute atomic E-state index is 0.184. The molecule has 0 aliphatic carbocycles. The van der Waals surface area contributed by atoms with E-state index >= 15 is 0 Å². The van der Waals surface area contributed by atoms with Gasteiger partial charge in [0.1, 0.15) is 11.6 Å². The third-order valence-corrected chi connectivity index (χ3v) is 6.07. The quantitative estimate of drug-likeness (QED) is 0.211. The number of alkyl carbamates (subject to hydrolysis) is 1. The van der Waals surface area contributed by atoms with Gasteiger partial charge in [0, 0.05) is 37.9 Å². The van der Waals surface area contributed by atoms with Gasteiger partial charge < -0.3 is 34.9 Å². The van der Waals surface area contributed by atoms with Crippen LogP contribution in [0.15, 0.2) is 36.5 Å². The van der Waals surface area contributed by atoms with Gasteiger partial charge in [-0.15, -0.1) is 0 Å². The number of aromatic nitrogens is 1. The van der Waals surface area contributed by atoms with Crippen molar-refractivity contribution in [1.82, 2.24) is 20.5 Å². The number of hydrogen-bond donors (Lipinski definition) is 3. The molecule has 3 N–H and O–H groups in total. The van der Waals surface area contributed by atoms with Crippen molar-refractivity contribution in [3.8, 4) is 0 Å². The van der Waals surface area contributed by atoms with Gasteiger partial charge in [-0.25, -0.2) is 9.59 Å². The molecule has 0 bridgehead atoms. The second kappa shape index (κ2) is 16.0. The molecule has 1 aromatic carbocycles. The van der Waals surface area contributed by atoms with Crippen LogP contribution in [0.1, 0.15) is 66.4 Å². The summed E-state index contributed by atoms with van der Waals surface area (Å²) >= 11 is 0. The Morgan fingerprint density at radius 3 is 2.35 bits per heavy atom. The zero-order chi connectivity index (χ0) is 29.7. The molecule has 1 aromatic heterocycles. The lowest BCUT2D eigenvalue weighted by molar-refractivity contribution is -0.179. The van der Waals surface area contributed by atoms with Crippen LogP contribution in [-0.2, 0) is 25.5 Å². The fourth-order valence-corrected chi connectivity index (χ4v) is 4.29. The fraction of sp³-hybridized carbons (Fsp3) is 0.586. The summed E-state index contributed by atoms with van der Waals surface area (Å²) in [7, 11) is 0. The molecule has 11 nitrogen and oxygen atoms in total. The van der Waals surface area contributed by atoms with E-state index in [1.807, 2.05) is 51.1 Å². The van der Waals surface area contributed by atoms with Gasteiger partial charge in [-0.05, 0) is 72.4 Å². The molecule has 0 radical (unpaired) electrons. The summed E-state index contributed by atoms with van der Waals surface area (Å²) in [5.41, 5.74) is 0.976. The molecule has 0 saturated carbocycles. The van der Waals surface area contributed by atoms with Crippen molar-refractivity contribution < 1.29 is 33.7 Å². The minimum Gasteiger partial charge on any atom is -0.465 e. The summed E-state index contributed by atoms with van der Waals surface area (Å²) in [6.07, 6.45) is 0.446. The molecule has 0 aliphatic rings. The Hall–Kier alpha value is -3.44. The number of unbranched alkanes of at least 4 members (excludes halogenated alkanes) is 1. The zero-order valence-electron chi connectivity index (χ0n) is 24.4. The molecule has 0 aliphatic heterocycles. The van der Waals surface area contributed by atoms with E-state index in [4.69, 9.17) is 14.2 Å². The van der Waals surface area contributed by atoms with Crippen LogP contribution in [0.2, 0.25) is 0 Å². The molecule has 1 heterocycles. The lowest BCUT2D eigenvalue weighted by Gasteiger charge is -2.36. The van der Waals surface area contributed by atoms with Gasteiger partial charge >= 0.3 is 12.2 Å². The number of fused-ring (bicyclic) bond motifs is 1. The average molecular weight is 561 g/mol. The fourth-order valence-electron chi connectivity index (χ4n) is 4.29. The summed E-state index contributed by atoms with van der Waals surface area (Å²) in [6, 6.07) is 8.02. The summed E-state index contributed by atoms with van der Waals surface area (Å²) < 4.78 is 16.9. The van der Waals surface area contributed by atoms with Crippen LogP contribution in [0.25, 0.3) is 10.9 Å². The lowest BCUT2D eigenvalue weighted by atomic mass is 10.0. The number of benzene rings is 1. The molecule has 0 spiro atoms. The van der Waals surface area contributed by atoms with E-state index < -0.39 is 42.1 Å². The maximum atomic E-state index is 14.0. The van der Waals surface area contributed by atoms with Crippen molar-refractivity contribution in [2.45, 2.75) is 91.3 Å². The van der Waals surface area contributed by atoms with E-state index in [0.29, 0.717) is 32.6 Å². The van der Waals surface area contributed by atoms with Crippen LogP contribution >= 0.6 is 0 Å². The van der Waals surface area contributed by atoms with Crippen LogP contribution in [0.5, 0.6) is 0 Å². The minimum atomic E-state index is -1.30. The average Bonchev–Trinajstić information content (AvgIpc) is 2.89. The summed E-state index contributed by atoms with van der Waals surface area (Å²) in [4.78, 5) is 43.7. The molecule has 2 atom stereocenters. The van der Waals surface area contributed by atoms with E-state index in [0.717, 1.165) is 16.5 Å². The Labute approximate surface area is 236 Å². The molecule has 2 aromatic rings. The van der Waals surface area contributed by atoms with Crippen LogP contribution in [-0.4, -0.2) is 76.8 Å². The first-order chi connectivity index (χ1) is 19.0. The highest BCUT2D eigenvalue weighted by Gasteiger charge is 2.33. The SMILES string of the molecule is CCOC(OCC)C(C)N(Cc1cccc2cccnc12)C(=O)C(CCCCNC(=O)OC(C)(C)C)NC(=O)O. The number of nitrogens with zero attached hydrogens (tertiary/aromatic N) is 2. The van der Waals surface area contributed by atoms with E-state index in [1.165, 1.54) is 0 Å². The molecule has 2 unspecified atom stereocenters. The van der Waals surface area contributed by atoms with Crippen LogP contribution < -0.4 is 10.6 Å². The smallest absolute Gasteiger partial charge is 0.407 e. The molecule has 11 heteroatoms. The van der Waals surface area contributed by atoms with Crippen molar-refractivity contribution in [3.63, 3.8) is 0 Å². The van der Waals surface area contributed by atoms with Gasteiger partial charge in [0.05, 0.1) is 11.6 Å². The van der Waals surface area contributed by atoms with E-state index in [1.54, 1.807) is 31.9 Å². The first-order valence-electron chi connectivity index (χ1n) is 13.8. The largest absolute Gasteiger partial charge is 0.465 e. The van der Waals surface area contributed by atoms with Gasteiger partial charge in [-0.1, -0.05) is 24.3 Å². The molecular weight excluding hydrogens is 516 g/mol. The number of amides is 3. The molecule has 0 fully saturated rings. The molecule has 3 amide bonds. The number of pyridine rings is 1. The summed E-state index contributed by atoms with van der Waals surface area (Å²) in [6.45, 7) is 12.1. The third-order valence-electron chi connectivity index (χ3n) is 6.07. The number of para-hydroxylation sites is 1.